The summed E-state index contributed by atoms with van der Waals surface area (Å²) in [6.45, 7) is 0. The Morgan fingerprint density at radius 2 is 1.86 bits per heavy atom. The van der Waals surface area contributed by atoms with Crippen LogP contribution in [-0.2, 0) is 9.59 Å². The van der Waals surface area contributed by atoms with Gasteiger partial charge in [-0.2, -0.15) is 5.10 Å². The fraction of sp³-hybridized carbons (Fsp3) is 0.105. The zero-order valence-electron chi connectivity index (χ0n) is 14.2. The third-order valence-corrected chi connectivity index (χ3v) is 4.41. The number of nitrogens with zero attached hydrogens (tertiary/aromatic N) is 2. The van der Waals surface area contributed by atoms with Crippen LogP contribution in [-0.4, -0.2) is 21.6 Å². The number of halogens is 3. The average molecular weight is 386 g/mol. The van der Waals surface area contributed by atoms with Gasteiger partial charge in [-0.3, -0.25) is 9.59 Å². The van der Waals surface area contributed by atoms with E-state index in [0.29, 0.717) is 17.4 Å². The van der Waals surface area contributed by atoms with Gasteiger partial charge in [0, 0.05) is 5.56 Å². The summed E-state index contributed by atoms with van der Waals surface area (Å²) in [5.74, 6) is -5.44. The lowest BCUT2D eigenvalue weighted by molar-refractivity contribution is -0.125. The van der Waals surface area contributed by atoms with Crippen LogP contribution in [0.1, 0.15) is 12.5 Å². The monoisotopic (exact) mass is 386 g/mol. The molecule has 1 aliphatic rings. The van der Waals surface area contributed by atoms with Gasteiger partial charge in [0.05, 0.1) is 18.3 Å². The molecule has 1 aromatic heterocycles. The van der Waals surface area contributed by atoms with Gasteiger partial charge in [0.2, 0.25) is 11.8 Å². The van der Waals surface area contributed by atoms with Crippen LogP contribution in [0.3, 0.4) is 0 Å². The molecule has 0 spiro atoms. The van der Waals surface area contributed by atoms with Crippen LogP contribution in [0.4, 0.5) is 24.7 Å². The van der Waals surface area contributed by atoms with Crippen LogP contribution < -0.4 is 10.6 Å². The van der Waals surface area contributed by atoms with Crippen molar-refractivity contribution in [3.63, 3.8) is 0 Å². The summed E-state index contributed by atoms with van der Waals surface area (Å²) in [7, 11) is 0. The number of benzene rings is 2. The van der Waals surface area contributed by atoms with Gasteiger partial charge >= 0.3 is 0 Å². The Kier molecular flexibility index (Phi) is 4.34. The number of rotatable bonds is 3. The molecule has 2 amide bonds. The molecule has 1 aliphatic heterocycles. The molecular weight excluding hydrogens is 373 g/mol. The molecule has 2 heterocycles. The van der Waals surface area contributed by atoms with Crippen molar-refractivity contribution >= 4 is 23.3 Å². The highest BCUT2D eigenvalue weighted by Gasteiger charge is 2.33. The van der Waals surface area contributed by atoms with Crippen molar-refractivity contribution in [3.05, 3.63) is 66.1 Å². The molecule has 28 heavy (non-hydrogen) atoms. The van der Waals surface area contributed by atoms with Crippen molar-refractivity contribution in [1.82, 2.24) is 9.78 Å². The van der Waals surface area contributed by atoms with Crippen LogP contribution in [0.25, 0.3) is 11.1 Å². The van der Waals surface area contributed by atoms with E-state index in [1.807, 2.05) is 30.3 Å². The Balaban J connectivity index is 1.67. The largest absolute Gasteiger partial charge is 0.322 e. The first-order valence-electron chi connectivity index (χ1n) is 8.33. The molecule has 2 N–H and O–H groups in total. The van der Waals surface area contributed by atoms with Gasteiger partial charge in [-0.25, -0.2) is 17.9 Å². The molecular formula is C19H13F3N4O2. The number of aromatic nitrogens is 2. The fourth-order valence-electron chi connectivity index (χ4n) is 3.04. The van der Waals surface area contributed by atoms with Gasteiger partial charge in [-0.1, -0.05) is 30.3 Å². The second-order valence-electron chi connectivity index (χ2n) is 6.20. The predicted octanol–water partition coefficient (Wildman–Crippen LogP) is 3.49. The van der Waals surface area contributed by atoms with E-state index in [-0.39, 0.29) is 6.42 Å². The second kappa shape index (κ2) is 6.84. The second-order valence-corrected chi connectivity index (χ2v) is 6.20. The topological polar surface area (TPSA) is 76.0 Å². The van der Waals surface area contributed by atoms with E-state index in [4.69, 9.17) is 0 Å². The van der Waals surface area contributed by atoms with E-state index in [0.717, 1.165) is 11.6 Å². The zero-order chi connectivity index (χ0) is 19.8. The minimum absolute atomic E-state index is 0.236. The van der Waals surface area contributed by atoms with Crippen molar-refractivity contribution in [2.75, 3.05) is 10.6 Å². The molecule has 6 nitrogen and oxygen atoms in total. The number of carbonyl (C=O) groups excluding carboxylic acids is 2. The molecule has 1 atom stereocenters. The number of fused-ring (bicyclic) bond motifs is 1. The maximum Gasteiger partial charge on any atom is 0.249 e. The molecule has 2 aromatic carbocycles. The number of hydrogen-bond donors (Lipinski definition) is 2. The van der Waals surface area contributed by atoms with Crippen LogP contribution in [0.15, 0.2) is 48.7 Å². The van der Waals surface area contributed by atoms with Gasteiger partial charge in [0.15, 0.2) is 17.5 Å². The Hall–Kier alpha value is -3.62. The van der Waals surface area contributed by atoms with Gasteiger partial charge in [-0.05, 0) is 17.7 Å². The average Bonchev–Trinajstić information content (AvgIpc) is 3.12. The first kappa shape index (κ1) is 17.8. The highest BCUT2D eigenvalue weighted by atomic mass is 19.2. The summed E-state index contributed by atoms with van der Waals surface area (Å²) >= 11 is 0. The van der Waals surface area contributed by atoms with Crippen LogP contribution in [0.5, 0.6) is 0 Å². The summed E-state index contributed by atoms with van der Waals surface area (Å²) < 4.78 is 41.6. The predicted molar refractivity (Wildman–Crippen MR) is 94.9 cm³/mol. The summed E-state index contributed by atoms with van der Waals surface area (Å²) in [5.41, 5.74) is 0.883. The lowest BCUT2D eigenvalue weighted by Gasteiger charge is -2.24. The molecule has 142 valence electrons. The Bertz CT molecular complexity index is 1080. The molecule has 4 rings (SSSR count). The third-order valence-electron chi connectivity index (χ3n) is 4.41. The van der Waals surface area contributed by atoms with Crippen LogP contribution in [0, 0.1) is 17.5 Å². The number of carbonyl (C=O) groups is 2. The van der Waals surface area contributed by atoms with Crippen molar-refractivity contribution in [2.24, 2.45) is 0 Å². The first-order chi connectivity index (χ1) is 13.5. The highest BCUT2D eigenvalue weighted by molar-refractivity contribution is 6.03. The molecule has 0 saturated carbocycles. The maximum absolute atomic E-state index is 13.9. The van der Waals surface area contributed by atoms with E-state index < -0.39 is 41.0 Å². The molecule has 9 heteroatoms. The highest BCUT2D eigenvalue weighted by Crippen LogP contribution is 2.34. The quantitative estimate of drug-likeness (QED) is 0.677. The standard InChI is InChI=1S/C19H13F3N4O2/c20-12-6-7-13(17(22)16(12)21)24-19(28)14-8-15(27)25-18-11(9-23-26(14)18)10-4-2-1-3-5-10/h1-7,9,14H,8H2,(H,24,28)(H,25,27)/t14-/m0/s1. The first-order valence-corrected chi connectivity index (χ1v) is 8.33. The van der Waals surface area contributed by atoms with Crippen molar-refractivity contribution in [3.8, 4) is 11.1 Å². The van der Waals surface area contributed by atoms with Crippen LogP contribution >= 0.6 is 0 Å². The Morgan fingerprint density at radius 3 is 2.61 bits per heavy atom. The molecule has 0 radical (unpaired) electrons. The SMILES string of the molecule is O=C1C[C@@H](C(=O)Nc2ccc(F)c(F)c2F)n2ncc(-c3ccccc3)c2N1. The van der Waals surface area contributed by atoms with Gasteiger partial charge < -0.3 is 10.6 Å². The summed E-state index contributed by atoms with van der Waals surface area (Å²) in [6, 6.07) is 9.66. The van der Waals surface area contributed by atoms with Gasteiger partial charge in [-0.15, -0.1) is 0 Å². The smallest absolute Gasteiger partial charge is 0.249 e. The Labute approximate surface area is 157 Å². The fourth-order valence-corrected chi connectivity index (χ4v) is 3.04. The Morgan fingerprint density at radius 1 is 1.11 bits per heavy atom. The van der Waals surface area contributed by atoms with E-state index >= 15 is 0 Å². The van der Waals surface area contributed by atoms with Crippen LogP contribution in [0.2, 0.25) is 0 Å². The van der Waals surface area contributed by atoms with Crippen molar-refractivity contribution < 1.29 is 22.8 Å². The van der Waals surface area contributed by atoms with Crippen molar-refractivity contribution in [1.29, 1.82) is 0 Å². The normalized spacial score (nSPS) is 15.7. The van der Waals surface area contributed by atoms with E-state index in [9.17, 15) is 22.8 Å². The summed E-state index contributed by atoms with van der Waals surface area (Å²) in [4.78, 5) is 24.8. The zero-order valence-corrected chi connectivity index (χ0v) is 14.2. The number of anilines is 2. The lowest BCUT2D eigenvalue weighted by Crippen LogP contribution is -2.36. The van der Waals surface area contributed by atoms with E-state index in [2.05, 4.69) is 15.7 Å². The third kappa shape index (κ3) is 3.00. The lowest BCUT2D eigenvalue weighted by atomic mass is 10.1. The summed E-state index contributed by atoms with van der Waals surface area (Å²) in [5, 5.41) is 9.06. The van der Waals surface area contributed by atoms with E-state index in [1.165, 1.54) is 10.9 Å². The number of hydrogen-bond acceptors (Lipinski definition) is 3. The number of amides is 2. The molecule has 0 saturated heterocycles. The van der Waals surface area contributed by atoms with Gasteiger partial charge in [0.1, 0.15) is 11.9 Å². The van der Waals surface area contributed by atoms with Crippen molar-refractivity contribution in [2.45, 2.75) is 12.5 Å². The number of nitrogens with one attached hydrogen (secondary N) is 2. The minimum atomic E-state index is -1.69. The molecule has 3 aromatic rings. The maximum atomic E-state index is 13.9. The van der Waals surface area contributed by atoms with Gasteiger partial charge in [0.25, 0.3) is 0 Å². The molecule has 0 unspecified atom stereocenters. The van der Waals surface area contributed by atoms with E-state index in [1.54, 1.807) is 0 Å². The molecule has 0 fully saturated rings. The molecule has 0 bridgehead atoms. The summed E-state index contributed by atoms with van der Waals surface area (Å²) in [6.07, 6.45) is 1.27. The molecule has 0 aliphatic carbocycles. The minimum Gasteiger partial charge on any atom is -0.322 e.